The molecule has 1 amide bonds. The molecule has 0 radical (unpaired) electrons. The number of carbonyl (C=O) groups excluding carboxylic acids is 1. The first-order valence-electron chi connectivity index (χ1n) is 10.4. The third-order valence-corrected chi connectivity index (χ3v) is 7.73. The maximum Gasteiger partial charge on any atom is 0.274 e. The second-order valence-corrected chi connectivity index (χ2v) is 9.95. The van der Waals surface area contributed by atoms with Crippen LogP contribution in [0.3, 0.4) is 0 Å². The van der Waals surface area contributed by atoms with Gasteiger partial charge in [-0.3, -0.25) is 4.79 Å². The van der Waals surface area contributed by atoms with Crippen LogP contribution in [0.5, 0.6) is 5.75 Å². The van der Waals surface area contributed by atoms with E-state index < -0.39 is 15.9 Å². The number of methoxy groups -OCH3 is 1. The second-order valence-electron chi connectivity index (χ2n) is 7.65. The molecule has 3 aromatic rings. The Kier molecular flexibility index (Phi) is 6.64. The van der Waals surface area contributed by atoms with Crippen LogP contribution in [0.2, 0.25) is 5.15 Å². The summed E-state index contributed by atoms with van der Waals surface area (Å²) in [7, 11) is -2.22. The number of sulfonamides is 1. The van der Waals surface area contributed by atoms with E-state index in [1.165, 1.54) is 23.5 Å². The minimum Gasteiger partial charge on any atom is -0.495 e. The molecule has 2 heterocycles. The fraction of sp³-hybridized carbons (Fsp3) is 0.304. The molecule has 4 rings (SSSR count). The topological polar surface area (TPSA) is 88.6 Å². The van der Waals surface area contributed by atoms with E-state index in [9.17, 15) is 13.2 Å². The average molecular weight is 474 g/mol. The van der Waals surface area contributed by atoms with Crippen molar-refractivity contribution in [2.75, 3.05) is 25.5 Å². The van der Waals surface area contributed by atoms with Gasteiger partial charge in [-0.25, -0.2) is 13.4 Å². The zero-order valence-electron chi connectivity index (χ0n) is 17.7. The molecular weight excluding hydrogens is 450 g/mol. The van der Waals surface area contributed by atoms with Crippen molar-refractivity contribution in [3.05, 3.63) is 59.4 Å². The van der Waals surface area contributed by atoms with Gasteiger partial charge in [0.25, 0.3) is 5.91 Å². The molecule has 0 atom stereocenters. The van der Waals surface area contributed by atoms with Crippen LogP contribution in [0.1, 0.15) is 36.2 Å². The van der Waals surface area contributed by atoms with Crippen LogP contribution in [0.4, 0.5) is 5.69 Å². The number of pyridine rings is 1. The molecule has 1 aliphatic heterocycles. The summed E-state index contributed by atoms with van der Waals surface area (Å²) in [5.41, 5.74) is 0.371. The Labute approximate surface area is 192 Å². The first-order valence-corrected chi connectivity index (χ1v) is 12.3. The summed E-state index contributed by atoms with van der Waals surface area (Å²) >= 11 is 6.25. The van der Waals surface area contributed by atoms with E-state index in [4.69, 9.17) is 16.3 Å². The number of anilines is 1. The molecule has 0 bridgehead atoms. The van der Waals surface area contributed by atoms with Gasteiger partial charge >= 0.3 is 0 Å². The number of benzene rings is 2. The smallest absolute Gasteiger partial charge is 0.274 e. The van der Waals surface area contributed by atoms with Gasteiger partial charge in [0.15, 0.2) is 0 Å². The molecule has 32 heavy (non-hydrogen) atoms. The van der Waals surface area contributed by atoms with Crippen LogP contribution in [-0.2, 0) is 10.0 Å². The van der Waals surface area contributed by atoms with E-state index in [-0.39, 0.29) is 21.4 Å². The van der Waals surface area contributed by atoms with Gasteiger partial charge in [-0.1, -0.05) is 48.7 Å². The van der Waals surface area contributed by atoms with Crippen molar-refractivity contribution in [3.8, 4) is 5.75 Å². The first kappa shape index (κ1) is 22.5. The third kappa shape index (κ3) is 4.57. The van der Waals surface area contributed by atoms with Gasteiger partial charge in [-0.15, -0.1) is 0 Å². The predicted molar refractivity (Wildman–Crippen MR) is 125 cm³/mol. The Bertz CT molecular complexity index is 1260. The van der Waals surface area contributed by atoms with Gasteiger partial charge in [0.1, 0.15) is 16.6 Å². The Hall–Kier alpha value is -2.68. The van der Waals surface area contributed by atoms with E-state index in [1.54, 1.807) is 12.1 Å². The van der Waals surface area contributed by atoms with E-state index in [0.717, 1.165) is 36.5 Å². The fourth-order valence-electron chi connectivity index (χ4n) is 3.84. The summed E-state index contributed by atoms with van der Waals surface area (Å²) in [4.78, 5) is 17.2. The summed E-state index contributed by atoms with van der Waals surface area (Å²) in [6, 6.07) is 13.5. The number of amides is 1. The normalized spacial score (nSPS) is 15.3. The van der Waals surface area contributed by atoms with E-state index in [2.05, 4.69) is 10.3 Å². The first-order chi connectivity index (χ1) is 15.4. The molecule has 0 unspecified atom stereocenters. The number of hydrogen-bond donors (Lipinski definition) is 1. The Balaban J connectivity index is 1.65. The summed E-state index contributed by atoms with van der Waals surface area (Å²) in [6.45, 7) is 0.991. The molecular formula is C23H24ClN3O4S. The van der Waals surface area contributed by atoms with Crippen LogP contribution in [0, 0.1) is 0 Å². The van der Waals surface area contributed by atoms with Crippen molar-refractivity contribution < 1.29 is 17.9 Å². The van der Waals surface area contributed by atoms with Crippen molar-refractivity contribution in [2.24, 2.45) is 0 Å². The monoisotopic (exact) mass is 473 g/mol. The van der Waals surface area contributed by atoms with Crippen LogP contribution in [0.25, 0.3) is 10.8 Å². The van der Waals surface area contributed by atoms with Gasteiger partial charge in [0, 0.05) is 18.5 Å². The molecule has 9 heteroatoms. The van der Waals surface area contributed by atoms with Crippen LogP contribution in [0.15, 0.2) is 53.4 Å². The lowest BCUT2D eigenvalue weighted by molar-refractivity contribution is 0.102. The maximum atomic E-state index is 13.2. The number of aromatic nitrogens is 1. The Morgan fingerprint density at radius 1 is 1.06 bits per heavy atom. The average Bonchev–Trinajstić information content (AvgIpc) is 3.09. The number of hydrogen-bond acceptors (Lipinski definition) is 5. The highest BCUT2D eigenvalue weighted by atomic mass is 35.5. The molecule has 1 N–H and O–H groups in total. The Morgan fingerprint density at radius 2 is 1.78 bits per heavy atom. The minimum atomic E-state index is -3.68. The largest absolute Gasteiger partial charge is 0.495 e. The van der Waals surface area contributed by atoms with Crippen molar-refractivity contribution in [1.29, 1.82) is 0 Å². The lowest BCUT2D eigenvalue weighted by atomic mass is 10.1. The minimum absolute atomic E-state index is 0.111. The highest BCUT2D eigenvalue weighted by Gasteiger charge is 2.26. The molecule has 2 aromatic carbocycles. The van der Waals surface area contributed by atoms with Gasteiger partial charge in [-0.05, 0) is 42.5 Å². The van der Waals surface area contributed by atoms with Gasteiger partial charge in [0.05, 0.1) is 17.7 Å². The maximum absolute atomic E-state index is 13.2. The predicted octanol–water partition coefficient (Wildman–Crippen LogP) is 4.71. The van der Waals surface area contributed by atoms with Crippen molar-refractivity contribution >= 4 is 44.0 Å². The number of carbonyl (C=O) groups is 1. The van der Waals surface area contributed by atoms with E-state index in [1.807, 2.05) is 24.3 Å². The van der Waals surface area contributed by atoms with Gasteiger partial charge in [-0.2, -0.15) is 4.31 Å². The fourth-order valence-corrected chi connectivity index (χ4v) is 5.64. The summed E-state index contributed by atoms with van der Waals surface area (Å²) < 4.78 is 33.2. The summed E-state index contributed by atoms with van der Waals surface area (Å²) in [5.74, 6) is -0.166. The van der Waals surface area contributed by atoms with Crippen LogP contribution < -0.4 is 10.1 Å². The molecule has 1 aromatic heterocycles. The highest BCUT2D eigenvalue weighted by molar-refractivity contribution is 7.89. The number of nitrogens with one attached hydrogen (secondary N) is 1. The molecule has 1 aliphatic rings. The van der Waals surface area contributed by atoms with E-state index in [0.29, 0.717) is 18.8 Å². The second kappa shape index (κ2) is 9.44. The standard InChI is InChI=1S/C23H24ClN3O4S/c1-31-21-11-10-17(32(29,30)27-12-6-2-3-7-13-27)15-19(21)26-23(28)20-14-16-8-4-5-9-18(16)22(24)25-20/h4-5,8-11,14-15H,2-3,6-7,12-13H2,1H3,(H,26,28). The summed E-state index contributed by atoms with van der Waals surface area (Å²) in [5, 5.41) is 4.47. The molecule has 0 saturated carbocycles. The van der Waals surface area contributed by atoms with Gasteiger partial charge < -0.3 is 10.1 Å². The lowest BCUT2D eigenvalue weighted by Crippen LogP contribution is -2.32. The number of nitrogens with zero attached hydrogens (tertiary/aromatic N) is 2. The number of ether oxygens (including phenoxy) is 1. The van der Waals surface area contributed by atoms with Crippen LogP contribution in [-0.4, -0.2) is 43.8 Å². The number of fused-ring (bicyclic) bond motifs is 1. The molecule has 1 fully saturated rings. The zero-order chi connectivity index (χ0) is 22.7. The molecule has 168 valence electrons. The SMILES string of the molecule is COc1ccc(S(=O)(=O)N2CCCCCC2)cc1NC(=O)c1cc2ccccc2c(Cl)n1. The van der Waals surface area contributed by atoms with Gasteiger partial charge in [0.2, 0.25) is 10.0 Å². The molecule has 7 nitrogen and oxygen atoms in total. The quantitative estimate of drug-likeness (QED) is 0.542. The van der Waals surface area contributed by atoms with Crippen molar-refractivity contribution in [2.45, 2.75) is 30.6 Å². The number of halogens is 1. The zero-order valence-corrected chi connectivity index (χ0v) is 19.2. The van der Waals surface area contributed by atoms with Crippen molar-refractivity contribution in [1.82, 2.24) is 9.29 Å². The highest BCUT2D eigenvalue weighted by Crippen LogP contribution is 2.31. The molecule has 0 aliphatic carbocycles. The van der Waals surface area contributed by atoms with Crippen molar-refractivity contribution in [3.63, 3.8) is 0 Å². The van der Waals surface area contributed by atoms with Crippen LogP contribution >= 0.6 is 11.6 Å². The molecule has 0 spiro atoms. The lowest BCUT2D eigenvalue weighted by Gasteiger charge is -2.21. The Morgan fingerprint density at radius 3 is 2.50 bits per heavy atom. The van der Waals surface area contributed by atoms with E-state index >= 15 is 0 Å². The number of rotatable bonds is 5. The summed E-state index contributed by atoms with van der Waals surface area (Å²) in [6.07, 6.45) is 3.73. The third-order valence-electron chi connectivity index (χ3n) is 5.55. The molecule has 1 saturated heterocycles.